The first kappa shape index (κ1) is 15.0. The molecule has 5 heteroatoms. The number of ether oxygens (including phenoxy) is 1. The summed E-state index contributed by atoms with van der Waals surface area (Å²) in [5.41, 5.74) is 0. The van der Waals surface area contributed by atoms with Crippen molar-refractivity contribution in [1.29, 1.82) is 0 Å². The summed E-state index contributed by atoms with van der Waals surface area (Å²) in [7, 11) is 0. The van der Waals surface area contributed by atoms with Crippen LogP contribution < -0.4 is 5.32 Å². The van der Waals surface area contributed by atoms with Crippen LogP contribution in [0.5, 0.6) is 0 Å². The third-order valence-corrected chi connectivity index (χ3v) is 5.47. The summed E-state index contributed by atoms with van der Waals surface area (Å²) < 4.78 is 5.81. The Balaban J connectivity index is 1.47. The number of carbonyl (C=O) groups is 1. The van der Waals surface area contributed by atoms with Gasteiger partial charge in [-0.1, -0.05) is 6.07 Å². The standard InChI is InChI=1S/C16H24N2O2S/c19-16(4-3-13-5-7-17-8-6-13)18-9-10-20-14(12-18)15-2-1-11-21-15/h1-2,11,13-14,17H,3-10,12H2. The SMILES string of the molecule is O=C(CCC1CCNCC1)N1CCOC(c2cccs2)C1. The van der Waals surface area contributed by atoms with E-state index in [4.69, 9.17) is 4.74 Å². The number of morpholine rings is 1. The van der Waals surface area contributed by atoms with Gasteiger partial charge >= 0.3 is 0 Å². The van der Waals surface area contributed by atoms with Crippen LogP contribution in [0, 0.1) is 5.92 Å². The molecule has 2 saturated heterocycles. The molecule has 3 heterocycles. The second-order valence-corrected chi connectivity index (χ2v) is 6.93. The third-order valence-electron chi connectivity index (χ3n) is 4.50. The molecule has 1 atom stereocenters. The zero-order chi connectivity index (χ0) is 14.5. The maximum atomic E-state index is 12.4. The highest BCUT2D eigenvalue weighted by Gasteiger charge is 2.26. The number of piperidine rings is 1. The number of hydrogen-bond acceptors (Lipinski definition) is 4. The molecule has 0 aromatic carbocycles. The van der Waals surface area contributed by atoms with Gasteiger partial charge in [0.25, 0.3) is 0 Å². The fourth-order valence-corrected chi connectivity index (χ4v) is 3.94. The maximum absolute atomic E-state index is 12.4. The van der Waals surface area contributed by atoms with E-state index in [1.165, 1.54) is 17.7 Å². The molecule has 2 aliphatic rings. The van der Waals surface area contributed by atoms with Crippen molar-refractivity contribution < 1.29 is 9.53 Å². The van der Waals surface area contributed by atoms with Crippen LogP contribution in [0.15, 0.2) is 17.5 Å². The molecule has 1 N–H and O–H groups in total. The van der Waals surface area contributed by atoms with Gasteiger partial charge in [-0.15, -0.1) is 11.3 Å². The van der Waals surface area contributed by atoms with E-state index in [1.807, 2.05) is 11.0 Å². The number of nitrogens with one attached hydrogen (secondary N) is 1. The molecule has 1 aromatic heterocycles. The molecule has 0 saturated carbocycles. The Morgan fingerprint density at radius 3 is 3.05 bits per heavy atom. The Hall–Kier alpha value is -0.910. The average molecular weight is 308 g/mol. The lowest BCUT2D eigenvalue weighted by Crippen LogP contribution is -2.42. The lowest BCUT2D eigenvalue weighted by molar-refractivity contribution is -0.139. The quantitative estimate of drug-likeness (QED) is 0.929. The van der Waals surface area contributed by atoms with Crippen molar-refractivity contribution in [2.75, 3.05) is 32.8 Å². The Morgan fingerprint density at radius 2 is 2.29 bits per heavy atom. The highest BCUT2D eigenvalue weighted by Crippen LogP contribution is 2.27. The summed E-state index contributed by atoms with van der Waals surface area (Å²) in [6, 6.07) is 4.14. The molecular formula is C16H24N2O2S. The fraction of sp³-hybridized carbons (Fsp3) is 0.688. The molecule has 0 spiro atoms. The van der Waals surface area contributed by atoms with Gasteiger partial charge in [0, 0.05) is 17.8 Å². The molecule has 0 aliphatic carbocycles. The van der Waals surface area contributed by atoms with Gasteiger partial charge < -0.3 is 15.0 Å². The minimum absolute atomic E-state index is 0.0709. The van der Waals surface area contributed by atoms with E-state index in [2.05, 4.69) is 16.8 Å². The maximum Gasteiger partial charge on any atom is 0.222 e. The van der Waals surface area contributed by atoms with Crippen LogP contribution in [0.3, 0.4) is 0 Å². The van der Waals surface area contributed by atoms with Crippen LogP contribution in [0.2, 0.25) is 0 Å². The van der Waals surface area contributed by atoms with Crippen LogP contribution >= 0.6 is 11.3 Å². The van der Waals surface area contributed by atoms with Gasteiger partial charge in [-0.3, -0.25) is 4.79 Å². The molecule has 1 amide bonds. The highest BCUT2D eigenvalue weighted by atomic mass is 32.1. The van der Waals surface area contributed by atoms with Gasteiger partial charge in [0.05, 0.1) is 13.2 Å². The normalized spacial score (nSPS) is 24.2. The first-order valence-corrected chi connectivity index (χ1v) is 8.84. The van der Waals surface area contributed by atoms with Gasteiger partial charge in [0.2, 0.25) is 5.91 Å². The monoisotopic (exact) mass is 308 g/mol. The van der Waals surface area contributed by atoms with Crippen molar-refractivity contribution in [2.45, 2.75) is 31.8 Å². The fourth-order valence-electron chi connectivity index (χ4n) is 3.18. The van der Waals surface area contributed by atoms with Crippen molar-refractivity contribution in [3.8, 4) is 0 Å². The van der Waals surface area contributed by atoms with Crippen molar-refractivity contribution in [3.63, 3.8) is 0 Å². The molecule has 21 heavy (non-hydrogen) atoms. The Labute approximate surface area is 130 Å². The summed E-state index contributed by atoms with van der Waals surface area (Å²) in [4.78, 5) is 15.6. The predicted octanol–water partition coefficient (Wildman–Crippen LogP) is 2.43. The van der Waals surface area contributed by atoms with E-state index in [0.29, 0.717) is 25.5 Å². The molecule has 4 nitrogen and oxygen atoms in total. The van der Waals surface area contributed by atoms with Gasteiger partial charge in [0.1, 0.15) is 6.10 Å². The van der Waals surface area contributed by atoms with Crippen molar-refractivity contribution in [1.82, 2.24) is 10.2 Å². The summed E-state index contributed by atoms with van der Waals surface area (Å²) >= 11 is 1.71. The van der Waals surface area contributed by atoms with E-state index in [0.717, 1.165) is 32.0 Å². The number of hydrogen-bond donors (Lipinski definition) is 1. The van der Waals surface area contributed by atoms with Crippen LogP contribution in [0.4, 0.5) is 0 Å². The van der Waals surface area contributed by atoms with Crippen LogP contribution in [-0.2, 0) is 9.53 Å². The molecule has 0 bridgehead atoms. The van der Waals surface area contributed by atoms with Crippen LogP contribution in [0.25, 0.3) is 0 Å². The molecule has 1 unspecified atom stereocenters. The summed E-state index contributed by atoms with van der Waals surface area (Å²) in [6.45, 7) is 4.33. The lowest BCUT2D eigenvalue weighted by Gasteiger charge is -2.33. The van der Waals surface area contributed by atoms with E-state index >= 15 is 0 Å². The minimum Gasteiger partial charge on any atom is -0.369 e. The molecule has 3 rings (SSSR count). The number of thiophene rings is 1. The van der Waals surface area contributed by atoms with Crippen LogP contribution in [0.1, 0.15) is 36.7 Å². The zero-order valence-electron chi connectivity index (χ0n) is 12.4. The Morgan fingerprint density at radius 1 is 1.43 bits per heavy atom. The van der Waals surface area contributed by atoms with Crippen molar-refractivity contribution in [3.05, 3.63) is 22.4 Å². The smallest absolute Gasteiger partial charge is 0.222 e. The topological polar surface area (TPSA) is 41.6 Å². The lowest BCUT2D eigenvalue weighted by atomic mass is 9.93. The number of nitrogens with zero attached hydrogens (tertiary/aromatic N) is 1. The first-order chi connectivity index (χ1) is 10.3. The summed E-state index contributed by atoms with van der Waals surface area (Å²) in [5, 5.41) is 5.44. The average Bonchev–Trinajstić information content (AvgIpc) is 3.08. The highest BCUT2D eigenvalue weighted by molar-refractivity contribution is 7.10. The van der Waals surface area contributed by atoms with Gasteiger partial charge in [0.15, 0.2) is 0 Å². The van der Waals surface area contributed by atoms with E-state index in [9.17, 15) is 4.79 Å². The van der Waals surface area contributed by atoms with Gasteiger partial charge in [-0.05, 0) is 49.7 Å². The third kappa shape index (κ3) is 4.05. The Bertz CT molecular complexity index is 443. The molecule has 2 fully saturated rings. The predicted molar refractivity (Wildman–Crippen MR) is 84.4 cm³/mol. The molecule has 116 valence electrons. The first-order valence-electron chi connectivity index (χ1n) is 7.96. The number of rotatable bonds is 4. The summed E-state index contributed by atoms with van der Waals surface area (Å²) in [6.07, 6.45) is 4.24. The molecule has 1 aromatic rings. The van der Waals surface area contributed by atoms with E-state index in [-0.39, 0.29) is 6.10 Å². The van der Waals surface area contributed by atoms with Crippen molar-refractivity contribution >= 4 is 17.2 Å². The van der Waals surface area contributed by atoms with Gasteiger partial charge in [-0.2, -0.15) is 0 Å². The number of amides is 1. The summed E-state index contributed by atoms with van der Waals surface area (Å²) in [5.74, 6) is 1.03. The second kappa shape index (κ2) is 7.38. The molecular weight excluding hydrogens is 284 g/mol. The van der Waals surface area contributed by atoms with Crippen molar-refractivity contribution in [2.24, 2.45) is 5.92 Å². The largest absolute Gasteiger partial charge is 0.369 e. The molecule has 0 radical (unpaired) electrons. The molecule has 2 aliphatic heterocycles. The van der Waals surface area contributed by atoms with E-state index < -0.39 is 0 Å². The van der Waals surface area contributed by atoms with Crippen LogP contribution in [-0.4, -0.2) is 43.6 Å². The minimum atomic E-state index is 0.0709. The zero-order valence-corrected chi connectivity index (χ0v) is 13.2. The Kier molecular flexibility index (Phi) is 5.27. The second-order valence-electron chi connectivity index (χ2n) is 5.95. The van der Waals surface area contributed by atoms with Gasteiger partial charge in [-0.25, -0.2) is 0 Å². The number of carbonyl (C=O) groups excluding carboxylic acids is 1. The van der Waals surface area contributed by atoms with E-state index in [1.54, 1.807) is 11.3 Å².